The second-order valence-corrected chi connectivity index (χ2v) is 10.5. The first-order valence-corrected chi connectivity index (χ1v) is 14.0. The highest BCUT2D eigenvalue weighted by molar-refractivity contribution is 7.97. The van der Waals surface area contributed by atoms with Gasteiger partial charge >= 0.3 is 0 Å². The lowest BCUT2D eigenvalue weighted by molar-refractivity contribution is 0.0754. The van der Waals surface area contributed by atoms with Gasteiger partial charge in [0.25, 0.3) is 5.91 Å². The minimum Gasteiger partial charge on any atom is -0.493 e. The molecule has 2 N–H and O–H groups in total. The van der Waals surface area contributed by atoms with Crippen molar-refractivity contribution in [3.05, 3.63) is 48.0 Å². The molecule has 1 saturated heterocycles. The first-order chi connectivity index (χ1) is 18.2. The van der Waals surface area contributed by atoms with E-state index in [1.54, 1.807) is 56.3 Å². The molecule has 2 aromatic rings. The number of methoxy groups -OCH3 is 2. The van der Waals surface area contributed by atoms with E-state index in [2.05, 4.69) is 22.2 Å². The van der Waals surface area contributed by atoms with Crippen LogP contribution in [0.5, 0.6) is 17.2 Å². The predicted molar refractivity (Wildman–Crippen MR) is 155 cm³/mol. The van der Waals surface area contributed by atoms with E-state index in [0.717, 1.165) is 25.3 Å². The summed E-state index contributed by atoms with van der Waals surface area (Å²) in [7, 11) is 5.02. The fourth-order valence-electron chi connectivity index (χ4n) is 3.51. The van der Waals surface area contributed by atoms with Gasteiger partial charge in [0.15, 0.2) is 11.5 Å². The van der Waals surface area contributed by atoms with Crippen LogP contribution in [0.25, 0.3) is 0 Å². The molecule has 2 aromatic carbocycles. The van der Waals surface area contributed by atoms with Crippen LogP contribution in [-0.2, 0) is 4.74 Å². The van der Waals surface area contributed by atoms with Crippen LogP contribution in [0.2, 0.25) is 0 Å². The molecule has 1 aliphatic rings. The Morgan fingerprint density at radius 2 is 1.82 bits per heavy atom. The van der Waals surface area contributed by atoms with Crippen molar-refractivity contribution in [1.29, 1.82) is 0 Å². The molecular weight excluding hydrogens is 502 g/mol. The Kier molecular flexibility index (Phi) is 14.4. The maximum Gasteiger partial charge on any atom is 0.253 e. The summed E-state index contributed by atoms with van der Waals surface area (Å²) in [5.41, 5.74) is 0.591. The molecule has 38 heavy (non-hydrogen) atoms. The number of nitrogens with one attached hydrogen (secondary N) is 2. The van der Waals surface area contributed by atoms with Gasteiger partial charge in [-0.1, -0.05) is 0 Å². The summed E-state index contributed by atoms with van der Waals surface area (Å²) >= 11 is 1.70. The first-order valence-electron chi connectivity index (χ1n) is 13.2. The maximum absolute atomic E-state index is 12.3. The number of ether oxygens (including phenoxy) is 4. The number of nitrogens with zero attached hydrogens (tertiary/aromatic N) is 1. The molecule has 1 unspecified atom stereocenters. The number of carbonyl (C=O) groups is 1. The number of amides is 1. The van der Waals surface area contributed by atoms with E-state index < -0.39 is 0 Å². The number of hydrogen-bond acceptors (Lipinski definition) is 8. The van der Waals surface area contributed by atoms with Crippen molar-refractivity contribution in [3.63, 3.8) is 0 Å². The van der Waals surface area contributed by atoms with Crippen molar-refractivity contribution in [2.24, 2.45) is 0 Å². The SMILES string of the molecule is CC(C)Oc1ccc(SNC2CCNC2)cc1.COCCCOc1cc(C(=O)N(C)C(C)C)ccc1OC. The quantitative estimate of drug-likeness (QED) is 0.267. The summed E-state index contributed by atoms with van der Waals surface area (Å²) in [4.78, 5) is 15.2. The summed E-state index contributed by atoms with van der Waals surface area (Å²) in [6, 6.07) is 14.2. The molecule has 0 saturated carbocycles. The summed E-state index contributed by atoms with van der Waals surface area (Å²) in [5.74, 6) is 2.11. The second-order valence-electron chi connectivity index (χ2n) is 9.62. The number of rotatable bonds is 13. The van der Waals surface area contributed by atoms with E-state index in [4.69, 9.17) is 18.9 Å². The van der Waals surface area contributed by atoms with Crippen LogP contribution in [0.4, 0.5) is 0 Å². The van der Waals surface area contributed by atoms with Crippen molar-refractivity contribution in [1.82, 2.24) is 14.9 Å². The number of carbonyl (C=O) groups excluding carboxylic acids is 1. The van der Waals surface area contributed by atoms with Gasteiger partial charge in [-0.15, -0.1) is 0 Å². The molecule has 0 aliphatic carbocycles. The van der Waals surface area contributed by atoms with E-state index in [-0.39, 0.29) is 18.1 Å². The van der Waals surface area contributed by atoms with E-state index in [1.807, 2.05) is 39.8 Å². The van der Waals surface area contributed by atoms with Gasteiger partial charge in [-0.25, -0.2) is 0 Å². The largest absolute Gasteiger partial charge is 0.493 e. The molecule has 1 amide bonds. The molecule has 0 radical (unpaired) electrons. The van der Waals surface area contributed by atoms with Gasteiger partial charge in [-0.3, -0.25) is 9.52 Å². The molecular formula is C29H45N3O5S. The van der Waals surface area contributed by atoms with Gasteiger partial charge < -0.3 is 29.2 Å². The van der Waals surface area contributed by atoms with Gasteiger partial charge in [-0.2, -0.15) is 0 Å². The molecule has 212 valence electrons. The maximum atomic E-state index is 12.3. The Labute approximate surface area is 232 Å². The Morgan fingerprint density at radius 1 is 1.08 bits per heavy atom. The standard InChI is InChI=1S/C16H25NO4.C13H20N2OS/c1-12(2)17(3)16(18)13-7-8-14(20-5)15(11-13)21-10-6-9-19-4;1-10(2)16-12-3-5-13(6-4-12)17-15-11-7-8-14-9-11/h7-8,11-12H,6,9-10H2,1-5H3;3-6,10-11,14-15H,7-9H2,1-2H3. The van der Waals surface area contributed by atoms with Crippen molar-refractivity contribution >= 4 is 17.9 Å². The van der Waals surface area contributed by atoms with Crippen LogP contribution in [0.3, 0.4) is 0 Å². The summed E-state index contributed by atoms with van der Waals surface area (Å²) in [6.45, 7) is 11.4. The zero-order valence-electron chi connectivity index (χ0n) is 23.9. The molecule has 0 aromatic heterocycles. The smallest absolute Gasteiger partial charge is 0.253 e. The second kappa shape index (κ2) is 17.2. The number of benzene rings is 2. The molecule has 1 atom stereocenters. The molecule has 0 bridgehead atoms. The van der Waals surface area contributed by atoms with Crippen molar-refractivity contribution < 1.29 is 23.7 Å². The molecule has 9 heteroatoms. The van der Waals surface area contributed by atoms with Gasteiger partial charge in [0.1, 0.15) is 5.75 Å². The summed E-state index contributed by atoms with van der Waals surface area (Å²) < 4.78 is 25.0. The lowest BCUT2D eigenvalue weighted by Crippen LogP contribution is -2.32. The topological polar surface area (TPSA) is 81.3 Å². The molecule has 1 heterocycles. The van der Waals surface area contributed by atoms with E-state index in [0.29, 0.717) is 36.3 Å². The Hall–Kier alpha value is -2.46. The van der Waals surface area contributed by atoms with Crippen LogP contribution in [0.1, 0.15) is 50.9 Å². The first kappa shape index (κ1) is 31.8. The fourth-order valence-corrected chi connectivity index (χ4v) is 4.29. The minimum absolute atomic E-state index is 0.0330. The van der Waals surface area contributed by atoms with E-state index >= 15 is 0 Å². The zero-order valence-corrected chi connectivity index (χ0v) is 24.7. The zero-order chi connectivity index (χ0) is 27.9. The predicted octanol–water partition coefficient (Wildman–Crippen LogP) is 5.02. The minimum atomic E-state index is -0.0330. The monoisotopic (exact) mass is 547 g/mol. The molecule has 1 fully saturated rings. The summed E-state index contributed by atoms with van der Waals surface area (Å²) in [6.07, 6.45) is 2.22. The average Bonchev–Trinajstić information content (AvgIpc) is 3.43. The van der Waals surface area contributed by atoms with Crippen LogP contribution in [0.15, 0.2) is 47.4 Å². The highest BCUT2D eigenvalue weighted by Crippen LogP contribution is 2.29. The third kappa shape index (κ3) is 11.1. The Balaban J connectivity index is 0.000000272. The van der Waals surface area contributed by atoms with Crippen molar-refractivity contribution in [3.8, 4) is 17.2 Å². The average molecular weight is 548 g/mol. The summed E-state index contributed by atoms with van der Waals surface area (Å²) in [5, 5.41) is 3.34. The third-order valence-corrected chi connectivity index (χ3v) is 6.81. The van der Waals surface area contributed by atoms with Gasteiger partial charge in [0.05, 0.1) is 19.8 Å². The van der Waals surface area contributed by atoms with Crippen molar-refractivity contribution in [2.75, 3.05) is 47.6 Å². The third-order valence-electron chi connectivity index (χ3n) is 5.86. The molecule has 3 rings (SSSR count). The molecule has 1 aliphatic heterocycles. The van der Waals surface area contributed by atoms with E-state index in [1.165, 1.54) is 11.3 Å². The number of hydrogen-bond donors (Lipinski definition) is 2. The lowest BCUT2D eigenvalue weighted by Gasteiger charge is -2.22. The Bertz CT molecular complexity index is 950. The van der Waals surface area contributed by atoms with Gasteiger partial charge in [0.2, 0.25) is 0 Å². The highest BCUT2D eigenvalue weighted by Gasteiger charge is 2.17. The highest BCUT2D eigenvalue weighted by atomic mass is 32.2. The fraction of sp³-hybridized carbons (Fsp3) is 0.552. The molecule has 8 nitrogen and oxygen atoms in total. The lowest BCUT2D eigenvalue weighted by atomic mass is 10.1. The van der Waals surface area contributed by atoms with Gasteiger partial charge in [0, 0.05) is 56.3 Å². The van der Waals surface area contributed by atoms with Crippen LogP contribution in [-0.4, -0.2) is 76.6 Å². The van der Waals surface area contributed by atoms with E-state index in [9.17, 15) is 4.79 Å². The van der Waals surface area contributed by atoms with Crippen LogP contribution < -0.4 is 24.2 Å². The molecule has 0 spiro atoms. The van der Waals surface area contributed by atoms with Crippen LogP contribution in [0, 0.1) is 0 Å². The van der Waals surface area contributed by atoms with Gasteiger partial charge in [-0.05, 0) is 95.1 Å². The Morgan fingerprint density at radius 3 is 2.39 bits per heavy atom. The normalized spacial score (nSPS) is 14.7. The van der Waals surface area contributed by atoms with Crippen LogP contribution >= 0.6 is 11.9 Å². The van der Waals surface area contributed by atoms with Crippen molar-refractivity contribution in [2.45, 2.75) is 63.6 Å².